The van der Waals surface area contributed by atoms with Gasteiger partial charge in [-0.1, -0.05) is 0 Å². The van der Waals surface area contributed by atoms with Crippen molar-refractivity contribution in [2.75, 3.05) is 19.4 Å². The van der Waals surface area contributed by atoms with Crippen LogP contribution in [0.4, 0.5) is 0 Å². The lowest BCUT2D eigenvalue weighted by Gasteiger charge is -2.30. The molecule has 1 rings (SSSR count). The Balaban J connectivity index is 2.68. The Morgan fingerprint density at radius 2 is 2.24 bits per heavy atom. The SMILES string of the molecule is COC(=O)CCS(=O)(=O)N1CCCCC1C#N. The third-order valence-corrected chi connectivity index (χ3v) is 4.62. The van der Waals surface area contributed by atoms with E-state index in [4.69, 9.17) is 5.26 Å². The average Bonchev–Trinajstić information content (AvgIpc) is 2.35. The number of nitriles is 1. The van der Waals surface area contributed by atoms with Gasteiger partial charge in [0.05, 0.1) is 25.4 Å². The summed E-state index contributed by atoms with van der Waals surface area (Å²) in [5.41, 5.74) is 0. The van der Waals surface area contributed by atoms with Crippen LogP contribution in [0.2, 0.25) is 0 Å². The third-order valence-electron chi connectivity index (χ3n) is 2.75. The van der Waals surface area contributed by atoms with Crippen LogP contribution in [0.3, 0.4) is 0 Å². The zero-order chi connectivity index (χ0) is 12.9. The molecule has 1 unspecified atom stereocenters. The van der Waals surface area contributed by atoms with Gasteiger partial charge < -0.3 is 4.74 Å². The number of carbonyl (C=O) groups is 1. The highest BCUT2D eigenvalue weighted by Gasteiger charge is 2.32. The van der Waals surface area contributed by atoms with Crippen molar-refractivity contribution in [2.45, 2.75) is 31.7 Å². The first-order valence-corrected chi connectivity index (χ1v) is 7.08. The van der Waals surface area contributed by atoms with Gasteiger partial charge in [0.25, 0.3) is 0 Å². The number of hydrogen-bond acceptors (Lipinski definition) is 5. The molecule has 17 heavy (non-hydrogen) atoms. The van der Waals surface area contributed by atoms with E-state index in [1.54, 1.807) is 0 Å². The molecule has 0 spiro atoms. The number of ether oxygens (including phenoxy) is 1. The Kier molecular flexibility index (Phi) is 4.90. The van der Waals surface area contributed by atoms with Gasteiger partial charge in [-0.2, -0.15) is 9.57 Å². The number of nitrogens with zero attached hydrogens (tertiary/aromatic N) is 2. The molecule has 0 aromatic carbocycles. The average molecular weight is 260 g/mol. The van der Waals surface area contributed by atoms with E-state index in [9.17, 15) is 13.2 Å². The molecular weight excluding hydrogens is 244 g/mol. The number of rotatable bonds is 4. The van der Waals surface area contributed by atoms with Crippen molar-refractivity contribution in [3.8, 4) is 6.07 Å². The van der Waals surface area contributed by atoms with E-state index < -0.39 is 22.0 Å². The highest BCUT2D eigenvalue weighted by molar-refractivity contribution is 7.89. The minimum atomic E-state index is -3.54. The summed E-state index contributed by atoms with van der Waals surface area (Å²) in [4.78, 5) is 10.9. The minimum absolute atomic E-state index is 0.173. The van der Waals surface area contributed by atoms with E-state index in [2.05, 4.69) is 4.74 Å². The Morgan fingerprint density at radius 3 is 2.82 bits per heavy atom. The lowest BCUT2D eigenvalue weighted by atomic mass is 10.1. The van der Waals surface area contributed by atoms with E-state index in [1.807, 2.05) is 6.07 Å². The molecule has 0 amide bonds. The van der Waals surface area contributed by atoms with Crippen LogP contribution in [-0.2, 0) is 19.6 Å². The smallest absolute Gasteiger partial charge is 0.306 e. The Bertz CT molecular complexity index is 413. The number of sulfonamides is 1. The van der Waals surface area contributed by atoms with Crippen LogP contribution < -0.4 is 0 Å². The van der Waals surface area contributed by atoms with Crippen molar-refractivity contribution in [3.63, 3.8) is 0 Å². The van der Waals surface area contributed by atoms with E-state index in [0.29, 0.717) is 13.0 Å². The number of piperidine rings is 1. The third kappa shape index (κ3) is 3.68. The minimum Gasteiger partial charge on any atom is -0.469 e. The maximum atomic E-state index is 11.9. The van der Waals surface area contributed by atoms with Gasteiger partial charge in [-0.15, -0.1) is 0 Å². The summed E-state index contributed by atoms with van der Waals surface area (Å²) >= 11 is 0. The van der Waals surface area contributed by atoms with Gasteiger partial charge in [-0.05, 0) is 19.3 Å². The van der Waals surface area contributed by atoms with Crippen LogP contribution in [0.1, 0.15) is 25.7 Å². The van der Waals surface area contributed by atoms with Crippen molar-refractivity contribution in [2.24, 2.45) is 0 Å². The number of carbonyl (C=O) groups excluding carboxylic acids is 1. The van der Waals surface area contributed by atoms with Gasteiger partial charge in [0.2, 0.25) is 10.0 Å². The van der Waals surface area contributed by atoms with Crippen molar-refractivity contribution < 1.29 is 17.9 Å². The molecule has 7 heteroatoms. The molecule has 0 aliphatic carbocycles. The zero-order valence-corrected chi connectivity index (χ0v) is 10.6. The number of methoxy groups -OCH3 is 1. The summed E-state index contributed by atoms with van der Waals surface area (Å²) in [7, 11) is -2.32. The van der Waals surface area contributed by atoms with Gasteiger partial charge in [0, 0.05) is 6.54 Å². The van der Waals surface area contributed by atoms with Crippen LogP contribution in [0.25, 0.3) is 0 Å². The molecule has 1 aliphatic rings. The van der Waals surface area contributed by atoms with Crippen LogP contribution >= 0.6 is 0 Å². The standard InChI is InChI=1S/C10H16N2O4S/c1-16-10(13)5-7-17(14,15)12-6-3-2-4-9(12)8-11/h9H,2-7H2,1H3. The summed E-state index contributed by atoms with van der Waals surface area (Å²) in [5.74, 6) is -0.850. The van der Waals surface area contributed by atoms with Gasteiger partial charge in [-0.3, -0.25) is 4.79 Å². The normalized spacial score (nSPS) is 21.8. The molecule has 1 heterocycles. The molecule has 1 fully saturated rings. The van der Waals surface area contributed by atoms with E-state index in [1.165, 1.54) is 11.4 Å². The molecule has 0 radical (unpaired) electrons. The second kappa shape index (κ2) is 5.98. The van der Waals surface area contributed by atoms with E-state index in [-0.39, 0.29) is 12.2 Å². The molecule has 1 aliphatic heterocycles. The lowest BCUT2D eigenvalue weighted by Crippen LogP contribution is -2.44. The quantitative estimate of drug-likeness (QED) is 0.676. The van der Waals surface area contributed by atoms with Crippen LogP contribution in [-0.4, -0.2) is 44.1 Å². The Labute approximate surface area is 101 Å². The van der Waals surface area contributed by atoms with E-state index in [0.717, 1.165) is 12.8 Å². The van der Waals surface area contributed by atoms with Crippen LogP contribution in [0, 0.1) is 11.3 Å². The monoisotopic (exact) mass is 260 g/mol. The molecule has 6 nitrogen and oxygen atoms in total. The summed E-state index contributed by atoms with van der Waals surface area (Å²) in [6.07, 6.45) is 2.01. The molecule has 1 saturated heterocycles. The highest BCUT2D eigenvalue weighted by Crippen LogP contribution is 2.20. The Hall–Kier alpha value is -1.13. The molecular formula is C10H16N2O4S. The van der Waals surface area contributed by atoms with Crippen molar-refractivity contribution in [1.29, 1.82) is 5.26 Å². The predicted octanol–water partition coefficient (Wildman–Crippen LogP) is 0.257. The number of hydrogen-bond donors (Lipinski definition) is 0. The fraction of sp³-hybridized carbons (Fsp3) is 0.800. The van der Waals surface area contributed by atoms with Crippen LogP contribution in [0.15, 0.2) is 0 Å². The van der Waals surface area contributed by atoms with Gasteiger partial charge in [0.15, 0.2) is 0 Å². The van der Waals surface area contributed by atoms with Crippen molar-refractivity contribution in [1.82, 2.24) is 4.31 Å². The van der Waals surface area contributed by atoms with Crippen molar-refractivity contribution in [3.05, 3.63) is 0 Å². The molecule has 96 valence electrons. The van der Waals surface area contributed by atoms with Gasteiger partial charge in [-0.25, -0.2) is 8.42 Å². The predicted molar refractivity (Wildman–Crippen MR) is 60.4 cm³/mol. The topological polar surface area (TPSA) is 87.5 Å². The molecule has 0 aromatic heterocycles. The largest absolute Gasteiger partial charge is 0.469 e. The Morgan fingerprint density at radius 1 is 1.53 bits per heavy atom. The second-order valence-corrected chi connectivity index (χ2v) is 5.93. The first-order chi connectivity index (χ1) is 8.01. The van der Waals surface area contributed by atoms with Gasteiger partial charge >= 0.3 is 5.97 Å². The molecule has 0 N–H and O–H groups in total. The summed E-state index contributed by atoms with van der Waals surface area (Å²) in [6, 6.07) is 1.40. The van der Waals surface area contributed by atoms with Crippen molar-refractivity contribution >= 4 is 16.0 Å². The lowest BCUT2D eigenvalue weighted by molar-refractivity contribution is -0.140. The zero-order valence-electron chi connectivity index (χ0n) is 9.76. The summed E-state index contributed by atoms with van der Waals surface area (Å²) in [6.45, 7) is 0.363. The first-order valence-electron chi connectivity index (χ1n) is 5.47. The molecule has 0 bridgehead atoms. The second-order valence-electron chi connectivity index (χ2n) is 3.89. The summed E-state index contributed by atoms with van der Waals surface area (Å²) < 4.78 is 29.5. The fourth-order valence-corrected chi connectivity index (χ4v) is 3.41. The molecule has 1 atom stereocenters. The summed E-state index contributed by atoms with van der Waals surface area (Å²) in [5, 5.41) is 8.90. The molecule has 0 saturated carbocycles. The number of esters is 1. The van der Waals surface area contributed by atoms with Crippen LogP contribution in [0.5, 0.6) is 0 Å². The first kappa shape index (κ1) is 13.9. The van der Waals surface area contributed by atoms with Gasteiger partial charge in [0.1, 0.15) is 6.04 Å². The molecule has 0 aromatic rings. The fourth-order valence-electron chi connectivity index (χ4n) is 1.80. The highest BCUT2D eigenvalue weighted by atomic mass is 32.2. The maximum absolute atomic E-state index is 11.9. The van der Waals surface area contributed by atoms with E-state index >= 15 is 0 Å². The maximum Gasteiger partial charge on any atom is 0.306 e.